The minimum Gasteiger partial charge on any atom is -0.378 e. The van der Waals surface area contributed by atoms with Crippen molar-refractivity contribution in [1.82, 2.24) is 10.0 Å². The third-order valence-electron chi connectivity index (χ3n) is 3.91. The fourth-order valence-corrected chi connectivity index (χ4v) is 4.70. The van der Waals surface area contributed by atoms with Crippen LogP contribution in [-0.2, 0) is 21.4 Å². The SMILES string of the molecule is CC(C)[C@@H](NS(=O)(=O)c1cccs1)C(=O)NCc1ccc(N(C)C)cc1. The summed E-state index contributed by atoms with van der Waals surface area (Å²) in [5, 5.41) is 4.51. The molecule has 1 aromatic heterocycles. The second-order valence-corrected chi connectivity index (χ2v) is 9.44. The van der Waals surface area contributed by atoms with Crippen LogP contribution in [0.2, 0.25) is 0 Å². The van der Waals surface area contributed by atoms with Gasteiger partial charge in [-0.15, -0.1) is 11.3 Å². The number of nitrogens with one attached hydrogen (secondary N) is 2. The van der Waals surface area contributed by atoms with E-state index in [0.29, 0.717) is 6.54 Å². The molecule has 142 valence electrons. The van der Waals surface area contributed by atoms with Crippen LogP contribution in [0, 0.1) is 5.92 Å². The maximum absolute atomic E-state index is 12.5. The molecule has 0 aliphatic carbocycles. The Bertz CT molecular complexity index is 814. The maximum Gasteiger partial charge on any atom is 0.250 e. The minimum atomic E-state index is -3.70. The van der Waals surface area contributed by atoms with E-state index in [2.05, 4.69) is 10.0 Å². The smallest absolute Gasteiger partial charge is 0.250 e. The van der Waals surface area contributed by atoms with Crippen LogP contribution in [0.4, 0.5) is 5.69 Å². The summed E-state index contributed by atoms with van der Waals surface area (Å²) in [6.45, 7) is 3.97. The summed E-state index contributed by atoms with van der Waals surface area (Å²) in [4.78, 5) is 14.5. The second-order valence-electron chi connectivity index (χ2n) is 6.55. The molecule has 0 fully saturated rings. The summed E-state index contributed by atoms with van der Waals surface area (Å²) < 4.78 is 27.5. The van der Waals surface area contributed by atoms with Crippen molar-refractivity contribution in [2.45, 2.75) is 30.6 Å². The second kappa shape index (κ2) is 8.66. The van der Waals surface area contributed by atoms with Crippen molar-refractivity contribution < 1.29 is 13.2 Å². The van der Waals surface area contributed by atoms with Gasteiger partial charge < -0.3 is 10.2 Å². The number of rotatable bonds is 8. The summed E-state index contributed by atoms with van der Waals surface area (Å²) in [5.74, 6) is -0.516. The molecule has 0 radical (unpaired) electrons. The third-order valence-corrected chi connectivity index (χ3v) is 6.75. The molecule has 0 saturated carbocycles. The Morgan fingerprint density at radius 3 is 2.31 bits per heavy atom. The molecule has 6 nitrogen and oxygen atoms in total. The number of carbonyl (C=O) groups excluding carboxylic acids is 1. The summed E-state index contributed by atoms with van der Waals surface area (Å²) in [6.07, 6.45) is 0. The molecular formula is C18H25N3O3S2. The lowest BCUT2D eigenvalue weighted by Gasteiger charge is -2.21. The molecular weight excluding hydrogens is 370 g/mol. The maximum atomic E-state index is 12.5. The number of nitrogens with zero attached hydrogens (tertiary/aromatic N) is 1. The Balaban J connectivity index is 2.02. The topological polar surface area (TPSA) is 78.5 Å². The summed E-state index contributed by atoms with van der Waals surface area (Å²) >= 11 is 1.12. The standard InChI is InChI=1S/C18H25N3O3S2/c1-13(2)17(20-26(23,24)16-6-5-11-25-16)18(22)19-12-14-7-9-15(10-8-14)21(3)4/h5-11,13,17,20H,12H2,1-4H3,(H,19,22)/t17-/m1/s1. The molecule has 8 heteroatoms. The number of carbonyl (C=O) groups is 1. The van der Waals surface area contributed by atoms with E-state index in [4.69, 9.17) is 0 Å². The van der Waals surface area contributed by atoms with Gasteiger partial charge in [-0.2, -0.15) is 4.72 Å². The van der Waals surface area contributed by atoms with Crippen molar-refractivity contribution in [2.75, 3.05) is 19.0 Å². The van der Waals surface area contributed by atoms with Crippen molar-refractivity contribution in [3.63, 3.8) is 0 Å². The first-order chi connectivity index (χ1) is 12.2. The van der Waals surface area contributed by atoms with Crippen molar-refractivity contribution in [3.8, 4) is 0 Å². The molecule has 1 heterocycles. The van der Waals surface area contributed by atoms with Gasteiger partial charge in [-0.05, 0) is 35.1 Å². The quantitative estimate of drug-likeness (QED) is 0.720. The third kappa shape index (κ3) is 5.30. The van der Waals surface area contributed by atoms with Crippen molar-refractivity contribution in [3.05, 3.63) is 47.3 Å². The van der Waals surface area contributed by atoms with Crippen LogP contribution >= 0.6 is 11.3 Å². The number of thiophene rings is 1. The van der Waals surface area contributed by atoms with Gasteiger partial charge in [-0.25, -0.2) is 8.42 Å². The predicted molar refractivity (Wildman–Crippen MR) is 106 cm³/mol. The molecule has 0 spiro atoms. The highest BCUT2D eigenvalue weighted by molar-refractivity contribution is 7.91. The molecule has 0 bridgehead atoms. The van der Waals surface area contributed by atoms with Crippen LogP contribution in [0.1, 0.15) is 19.4 Å². The first kappa shape index (κ1) is 20.4. The number of hydrogen-bond donors (Lipinski definition) is 2. The van der Waals surface area contributed by atoms with E-state index in [0.717, 1.165) is 22.6 Å². The molecule has 2 N–H and O–H groups in total. The molecule has 26 heavy (non-hydrogen) atoms. The van der Waals surface area contributed by atoms with E-state index >= 15 is 0 Å². The average molecular weight is 396 g/mol. The minimum absolute atomic E-state index is 0.180. The Morgan fingerprint density at radius 2 is 1.81 bits per heavy atom. The summed E-state index contributed by atoms with van der Waals surface area (Å²) in [6, 6.07) is 10.2. The normalized spacial score (nSPS) is 12.8. The Kier molecular flexibility index (Phi) is 6.80. The van der Waals surface area contributed by atoms with E-state index in [1.54, 1.807) is 11.4 Å². The predicted octanol–water partition coefficient (Wildman–Crippen LogP) is 2.43. The number of sulfonamides is 1. The Hall–Kier alpha value is -1.90. The monoisotopic (exact) mass is 395 g/mol. The molecule has 2 rings (SSSR count). The van der Waals surface area contributed by atoms with E-state index in [1.165, 1.54) is 6.07 Å². The number of anilines is 1. The zero-order valence-electron chi connectivity index (χ0n) is 15.4. The van der Waals surface area contributed by atoms with Crippen molar-refractivity contribution in [1.29, 1.82) is 0 Å². The summed E-state index contributed by atoms with van der Waals surface area (Å²) in [7, 11) is 0.222. The van der Waals surface area contributed by atoms with Crippen LogP contribution in [-0.4, -0.2) is 34.5 Å². The Labute approximate surface area is 159 Å². The van der Waals surface area contributed by atoms with Crippen LogP contribution in [0.3, 0.4) is 0 Å². The van der Waals surface area contributed by atoms with Gasteiger partial charge in [0.05, 0.1) is 0 Å². The molecule has 1 amide bonds. The van der Waals surface area contributed by atoms with Gasteiger partial charge in [-0.1, -0.05) is 32.0 Å². The molecule has 0 saturated heterocycles. The fraction of sp³-hybridized carbons (Fsp3) is 0.389. The van der Waals surface area contributed by atoms with Gasteiger partial charge in [0.25, 0.3) is 10.0 Å². The van der Waals surface area contributed by atoms with Gasteiger partial charge in [0.2, 0.25) is 5.91 Å². The van der Waals surface area contributed by atoms with Crippen LogP contribution in [0.15, 0.2) is 46.0 Å². The summed E-state index contributed by atoms with van der Waals surface area (Å²) in [5.41, 5.74) is 2.02. The highest BCUT2D eigenvalue weighted by Gasteiger charge is 2.28. The molecule has 0 unspecified atom stereocenters. The number of amides is 1. The van der Waals surface area contributed by atoms with Crippen molar-refractivity contribution in [2.24, 2.45) is 5.92 Å². The highest BCUT2D eigenvalue weighted by Crippen LogP contribution is 2.17. The fourth-order valence-electron chi connectivity index (χ4n) is 2.35. The molecule has 1 atom stereocenters. The van der Waals surface area contributed by atoms with Gasteiger partial charge in [-0.3, -0.25) is 4.79 Å². The average Bonchev–Trinajstić information content (AvgIpc) is 3.13. The molecule has 2 aromatic rings. The van der Waals surface area contributed by atoms with E-state index in [1.807, 2.05) is 57.1 Å². The van der Waals surface area contributed by atoms with E-state index in [-0.39, 0.29) is 16.0 Å². The van der Waals surface area contributed by atoms with E-state index < -0.39 is 16.1 Å². The first-order valence-corrected chi connectivity index (χ1v) is 10.7. The van der Waals surface area contributed by atoms with Gasteiger partial charge >= 0.3 is 0 Å². The van der Waals surface area contributed by atoms with Crippen LogP contribution in [0.5, 0.6) is 0 Å². The first-order valence-electron chi connectivity index (χ1n) is 8.30. The van der Waals surface area contributed by atoms with Gasteiger partial charge in [0, 0.05) is 26.3 Å². The number of benzene rings is 1. The molecule has 0 aliphatic rings. The zero-order chi connectivity index (χ0) is 19.3. The lowest BCUT2D eigenvalue weighted by Crippen LogP contribution is -2.49. The van der Waals surface area contributed by atoms with Crippen LogP contribution < -0.4 is 14.9 Å². The molecule has 0 aliphatic heterocycles. The van der Waals surface area contributed by atoms with Crippen LogP contribution in [0.25, 0.3) is 0 Å². The highest BCUT2D eigenvalue weighted by atomic mass is 32.2. The zero-order valence-corrected chi connectivity index (χ0v) is 17.0. The van der Waals surface area contributed by atoms with E-state index in [9.17, 15) is 13.2 Å². The molecule has 1 aromatic carbocycles. The van der Waals surface area contributed by atoms with Gasteiger partial charge in [0.15, 0.2) is 0 Å². The number of hydrogen-bond acceptors (Lipinski definition) is 5. The van der Waals surface area contributed by atoms with Crippen molar-refractivity contribution >= 4 is 33.0 Å². The Morgan fingerprint density at radius 1 is 1.15 bits per heavy atom. The lowest BCUT2D eigenvalue weighted by molar-refractivity contribution is -0.123. The lowest BCUT2D eigenvalue weighted by atomic mass is 10.0. The van der Waals surface area contributed by atoms with Gasteiger partial charge in [0.1, 0.15) is 10.3 Å². The largest absolute Gasteiger partial charge is 0.378 e.